The van der Waals surface area contributed by atoms with Crippen molar-refractivity contribution in [3.63, 3.8) is 0 Å². The third kappa shape index (κ3) is 7.15. The zero-order valence-corrected chi connectivity index (χ0v) is 18.1. The average molecular weight is 462 g/mol. The fraction of sp³-hybridized carbons (Fsp3) is 0.458. The van der Waals surface area contributed by atoms with Crippen molar-refractivity contribution in [2.45, 2.75) is 62.8 Å². The Hall–Kier alpha value is -2.69. The minimum absolute atomic E-state index is 0.0351. The number of aliphatic hydroxyl groups excluding tert-OH is 3. The van der Waals surface area contributed by atoms with E-state index in [1.165, 1.54) is 12.1 Å². The molecule has 1 fully saturated rings. The largest absolute Gasteiger partial charge is 0.508 e. The number of ether oxygens (including phenoxy) is 2. The number of benzene rings is 2. The van der Waals surface area contributed by atoms with Gasteiger partial charge in [0.15, 0.2) is 17.8 Å². The molecule has 0 aliphatic carbocycles. The Balaban J connectivity index is 1.62. The summed E-state index contributed by atoms with van der Waals surface area (Å²) in [5.41, 5.74) is 1.62. The highest BCUT2D eigenvalue weighted by molar-refractivity contribution is 5.79. The average Bonchev–Trinajstić information content (AvgIpc) is 2.79. The van der Waals surface area contributed by atoms with Gasteiger partial charge in [0.05, 0.1) is 12.7 Å². The number of hydrogen-bond acceptors (Lipinski definition) is 9. The van der Waals surface area contributed by atoms with Gasteiger partial charge in [0.1, 0.15) is 29.8 Å². The standard InChI is InChI=1S/C24H30O9/c25-16-6-1-14(2-7-16)3-8-17(26)12-18(9-4-15-5-10-19(27)20(28)11-15)33-24-23(31)22(30)21(29)13-32-24/h1-2,5-7,10-11,18,21-25,27-31H,3-4,8-9,12-13H2/t18-,21+,22-,23+,24+/m0/s1. The molecule has 9 heteroatoms. The Labute approximate surface area is 191 Å². The highest BCUT2D eigenvalue weighted by atomic mass is 16.7. The lowest BCUT2D eigenvalue weighted by Crippen LogP contribution is -2.54. The zero-order chi connectivity index (χ0) is 24.0. The number of aromatic hydroxyl groups is 3. The maximum absolute atomic E-state index is 12.6. The van der Waals surface area contributed by atoms with Crippen molar-refractivity contribution >= 4 is 5.78 Å². The minimum Gasteiger partial charge on any atom is -0.508 e. The number of phenolic OH excluding ortho intramolecular Hbond substituents is 3. The highest BCUT2D eigenvalue weighted by Gasteiger charge is 2.39. The van der Waals surface area contributed by atoms with E-state index in [1.54, 1.807) is 30.3 Å². The van der Waals surface area contributed by atoms with Crippen LogP contribution in [0, 0.1) is 0 Å². The van der Waals surface area contributed by atoms with E-state index in [0.717, 1.165) is 11.1 Å². The van der Waals surface area contributed by atoms with E-state index in [2.05, 4.69) is 0 Å². The molecular weight excluding hydrogens is 432 g/mol. The van der Waals surface area contributed by atoms with Crippen molar-refractivity contribution in [2.24, 2.45) is 0 Å². The third-order valence-corrected chi connectivity index (χ3v) is 5.66. The first-order valence-electron chi connectivity index (χ1n) is 10.8. The van der Waals surface area contributed by atoms with Crippen LogP contribution in [0.3, 0.4) is 0 Å². The van der Waals surface area contributed by atoms with Gasteiger partial charge < -0.3 is 40.1 Å². The van der Waals surface area contributed by atoms with E-state index >= 15 is 0 Å². The molecule has 33 heavy (non-hydrogen) atoms. The number of carbonyl (C=O) groups excluding carboxylic acids is 1. The monoisotopic (exact) mass is 462 g/mol. The Kier molecular flexibility index (Phi) is 8.65. The van der Waals surface area contributed by atoms with Crippen molar-refractivity contribution in [1.29, 1.82) is 0 Å². The first-order valence-corrected chi connectivity index (χ1v) is 10.8. The lowest BCUT2D eigenvalue weighted by Gasteiger charge is -2.36. The topological polar surface area (TPSA) is 157 Å². The van der Waals surface area contributed by atoms with Gasteiger partial charge in [-0.3, -0.25) is 4.79 Å². The molecule has 6 N–H and O–H groups in total. The Bertz CT molecular complexity index is 915. The Morgan fingerprint density at radius 1 is 0.939 bits per heavy atom. The Morgan fingerprint density at radius 3 is 2.33 bits per heavy atom. The number of rotatable bonds is 10. The van der Waals surface area contributed by atoms with Crippen LogP contribution in [0.2, 0.25) is 0 Å². The van der Waals surface area contributed by atoms with Crippen LogP contribution in [0.4, 0.5) is 0 Å². The molecule has 1 heterocycles. The van der Waals surface area contributed by atoms with Crippen molar-refractivity contribution in [1.82, 2.24) is 0 Å². The van der Waals surface area contributed by atoms with E-state index < -0.39 is 30.7 Å². The number of Topliss-reactive ketones (excluding diaryl/α,β-unsaturated/α-hetero) is 1. The zero-order valence-electron chi connectivity index (χ0n) is 18.1. The summed E-state index contributed by atoms with van der Waals surface area (Å²) < 4.78 is 11.1. The van der Waals surface area contributed by atoms with Crippen LogP contribution >= 0.6 is 0 Å². The van der Waals surface area contributed by atoms with Crippen LogP contribution in [0.25, 0.3) is 0 Å². The number of aryl methyl sites for hydroxylation is 2. The van der Waals surface area contributed by atoms with Crippen molar-refractivity contribution in [3.8, 4) is 17.2 Å². The van der Waals surface area contributed by atoms with E-state index in [-0.39, 0.29) is 42.5 Å². The summed E-state index contributed by atoms with van der Waals surface area (Å²) in [5, 5.41) is 58.3. The molecule has 0 amide bonds. The second-order valence-corrected chi connectivity index (χ2v) is 8.28. The normalized spacial score (nSPS) is 23.8. The smallest absolute Gasteiger partial charge is 0.186 e. The molecule has 9 nitrogen and oxygen atoms in total. The first-order chi connectivity index (χ1) is 15.7. The number of phenols is 3. The summed E-state index contributed by atoms with van der Waals surface area (Å²) in [5.74, 6) is -0.412. The van der Waals surface area contributed by atoms with Crippen molar-refractivity contribution in [2.75, 3.05) is 6.61 Å². The fourth-order valence-electron chi connectivity index (χ4n) is 3.66. The maximum Gasteiger partial charge on any atom is 0.186 e. The van der Waals surface area contributed by atoms with Gasteiger partial charge in [0.2, 0.25) is 0 Å². The first kappa shape index (κ1) is 24.9. The summed E-state index contributed by atoms with van der Waals surface area (Å²) in [6.45, 7) is -0.212. The van der Waals surface area contributed by atoms with Crippen LogP contribution in [0.5, 0.6) is 17.2 Å². The molecule has 2 aromatic rings. The third-order valence-electron chi connectivity index (χ3n) is 5.66. The predicted octanol–water partition coefficient (Wildman–Crippen LogP) is 1.15. The lowest BCUT2D eigenvalue weighted by atomic mass is 9.99. The summed E-state index contributed by atoms with van der Waals surface area (Å²) in [4.78, 5) is 12.6. The van der Waals surface area contributed by atoms with Gasteiger partial charge in [-0.15, -0.1) is 0 Å². The van der Waals surface area contributed by atoms with E-state index in [4.69, 9.17) is 9.47 Å². The van der Waals surface area contributed by atoms with Crippen molar-refractivity contribution in [3.05, 3.63) is 53.6 Å². The molecule has 2 aromatic carbocycles. The molecule has 0 spiro atoms. The van der Waals surface area contributed by atoms with Crippen molar-refractivity contribution < 1.29 is 44.9 Å². The van der Waals surface area contributed by atoms with E-state index in [9.17, 15) is 35.4 Å². The SMILES string of the molecule is O=C(CCc1ccc(O)cc1)C[C@H](CCc1ccc(O)c(O)c1)O[C@H]1OC[C@@H](O)[C@H](O)[C@H]1O. The predicted molar refractivity (Wildman–Crippen MR) is 117 cm³/mol. The Morgan fingerprint density at radius 2 is 1.64 bits per heavy atom. The summed E-state index contributed by atoms with van der Waals surface area (Å²) in [7, 11) is 0. The van der Waals surface area contributed by atoms with Crippen LogP contribution in [-0.4, -0.2) is 73.7 Å². The van der Waals surface area contributed by atoms with Crippen LogP contribution in [-0.2, 0) is 27.1 Å². The summed E-state index contributed by atoms with van der Waals surface area (Å²) >= 11 is 0. The van der Waals surface area contributed by atoms with Gasteiger partial charge in [-0.1, -0.05) is 18.2 Å². The molecule has 0 aromatic heterocycles. The second kappa shape index (κ2) is 11.4. The number of aliphatic hydroxyl groups is 3. The molecule has 180 valence electrons. The molecule has 5 atom stereocenters. The molecule has 1 aliphatic rings. The number of ketones is 1. The number of carbonyl (C=O) groups is 1. The molecule has 0 radical (unpaired) electrons. The summed E-state index contributed by atoms with van der Waals surface area (Å²) in [6, 6.07) is 11.0. The van der Waals surface area contributed by atoms with E-state index in [0.29, 0.717) is 19.3 Å². The molecule has 0 unspecified atom stereocenters. The highest BCUT2D eigenvalue weighted by Crippen LogP contribution is 2.27. The molecule has 0 bridgehead atoms. The van der Waals surface area contributed by atoms with Gasteiger partial charge >= 0.3 is 0 Å². The maximum atomic E-state index is 12.6. The van der Waals surface area contributed by atoms with Gasteiger partial charge in [-0.25, -0.2) is 0 Å². The molecule has 3 rings (SSSR count). The van der Waals surface area contributed by atoms with Gasteiger partial charge in [0, 0.05) is 12.8 Å². The lowest BCUT2D eigenvalue weighted by molar-refractivity contribution is -0.282. The van der Waals surface area contributed by atoms with Crippen LogP contribution in [0.1, 0.15) is 30.4 Å². The molecule has 1 aliphatic heterocycles. The van der Waals surface area contributed by atoms with Crippen LogP contribution in [0.15, 0.2) is 42.5 Å². The summed E-state index contributed by atoms with van der Waals surface area (Å²) in [6.07, 6.45) is -4.45. The molecule has 0 saturated carbocycles. The van der Waals surface area contributed by atoms with Gasteiger partial charge in [-0.2, -0.15) is 0 Å². The second-order valence-electron chi connectivity index (χ2n) is 8.28. The van der Waals surface area contributed by atoms with Gasteiger partial charge in [0.25, 0.3) is 0 Å². The number of hydrogen-bond donors (Lipinski definition) is 6. The molecular formula is C24H30O9. The van der Waals surface area contributed by atoms with Crippen LogP contribution < -0.4 is 0 Å². The minimum atomic E-state index is -1.47. The quantitative estimate of drug-likeness (QED) is 0.285. The fourth-order valence-corrected chi connectivity index (χ4v) is 3.66. The van der Waals surface area contributed by atoms with E-state index in [1.807, 2.05) is 0 Å². The molecule has 1 saturated heterocycles. The van der Waals surface area contributed by atoms with Gasteiger partial charge in [-0.05, 0) is 54.7 Å².